The second-order valence-electron chi connectivity index (χ2n) is 6.16. The largest absolute Gasteiger partial charge is 0.314 e. The molecular weight excluding hydrogens is 194 g/mol. The highest BCUT2D eigenvalue weighted by Crippen LogP contribution is 2.38. The molecule has 0 saturated heterocycles. The van der Waals surface area contributed by atoms with Crippen LogP contribution in [0.5, 0.6) is 0 Å². The lowest BCUT2D eigenvalue weighted by atomic mass is 9.74. The Labute approximate surface area is 101 Å². The third-order valence-electron chi connectivity index (χ3n) is 4.83. The molecule has 2 aliphatic carbocycles. The Kier molecular flexibility index (Phi) is 4.69. The minimum absolute atomic E-state index is 0.843. The van der Waals surface area contributed by atoms with Crippen molar-refractivity contribution in [3.63, 3.8) is 0 Å². The Morgan fingerprint density at radius 3 is 2.31 bits per heavy atom. The van der Waals surface area contributed by atoms with Crippen molar-refractivity contribution >= 4 is 0 Å². The molecule has 1 N–H and O–H groups in total. The second-order valence-corrected chi connectivity index (χ2v) is 6.16. The fourth-order valence-corrected chi connectivity index (χ4v) is 4.08. The maximum absolute atomic E-state index is 3.81. The maximum atomic E-state index is 3.81. The van der Waals surface area contributed by atoms with E-state index in [9.17, 15) is 0 Å². The summed E-state index contributed by atoms with van der Waals surface area (Å²) in [7, 11) is 0. The fourth-order valence-electron chi connectivity index (χ4n) is 4.08. The Bertz CT molecular complexity index is 196. The van der Waals surface area contributed by atoms with Crippen LogP contribution in [0.25, 0.3) is 0 Å². The highest BCUT2D eigenvalue weighted by atomic mass is 14.9. The van der Waals surface area contributed by atoms with Gasteiger partial charge in [0.1, 0.15) is 0 Å². The molecule has 0 bridgehead atoms. The van der Waals surface area contributed by atoms with Gasteiger partial charge in [-0.3, -0.25) is 0 Å². The first-order chi connectivity index (χ1) is 7.81. The molecule has 0 spiro atoms. The summed E-state index contributed by atoms with van der Waals surface area (Å²) in [5.41, 5.74) is 0. The molecule has 1 heteroatoms. The summed E-state index contributed by atoms with van der Waals surface area (Å²) in [5, 5.41) is 3.81. The van der Waals surface area contributed by atoms with Crippen molar-refractivity contribution in [1.29, 1.82) is 0 Å². The molecule has 0 aromatic carbocycles. The van der Waals surface area contributed by atoms with Crippen molar-refractivity contribution in [1.82, 2.24) is 5.32 Å². The van der Waals surface area contributed by atoms with Gasteiger partial charge >= 0.3 is 0 Å². The third-order valence-corrected chi connectivity index (χ3v) is 4.83. The molecule has 0 aromatic heterocycles. The first-order valence-electron chi connectivity index (χ1n) is 7.54. The summed E-state index contributed by atoms with van der Waals surface area (Å²) in [4.78, 5) is 0. The van der Waals surface area contributed by atoms with E-state index >= 15 is 0 Å². The second kappa shape index (κ2) is 6.05. The van der Waals surface area contributed by atoms with Gasteiger partial charge in [0.2, 0.25) is 0 Å². The molecule has 16 heavy (non-hydrogen) atoms. The topological polar surface area (TPSA) is 12.0 Å². The lowest BCUT2D eigenvalue weighted by molar-refractivity contribution is 0.179. The molecule has 3 unspecified atom stereocenters. The van der Waals surface area contributed by atoms with Crippen LogP contribution in [0.3, 0.4) is 0 Å². The molecule has 1 nitrogen and oxygen atoms in total. The number of nitrogens with one attached hydrogen (secondary N) is 1. The van der Waals surface area contributed by atoms with Crippen LogP contribution in [-0.2, 0) is 0 Å². The van der Waals surface area contributed by atoms with Crippen LogP contribution < -0.4 is 5.32 Å². The first kappa shape index (κ1) is 12.4. The molecule has 2 rings (SSSR count). The Morgan fingerprint density at radius 1 is 1.00 bits per heavy atom. The normalized spacial score (nSPS) is 34.1. The van der Waals surface area contributed by atoms with Gasteiger partial charge in [0.05, 0.1) is 0 Å². The molecule has 2 aliphatic rings. The predicted molar refractivity (Wildman–Crippen MR) is 70.5 cm³/mol. The molecule has 2 saturated carbocycles. The Hall–Kier alpha value is -0.0400. The monoisotopic (exact) mass is 223 g/mol. The molecule has 0 aromatic rings. The van der Waals surface area contributed by atoms with Crippen molar-refractivity contribution in [2.45, 2.75) is 71.3 Å². The van der Waals surface area contributed by atoms with Crippen LogP contribution in [0.1, 0.15) is 65.2 Å². The maximum Gasteiger partial charge on any atom is 0.0124 e. The SMILES string of the molecule is CCNC(C1CCCC1)C1CCCC(C)C1. The molecule has 0 amide bonds. The van der Waals surface area contributed by atoms with Crippen LogP contribution in [0.15, 0.2) is 0 Å². The summed E-state index contributed by atoms with van der Waals surface area (Å²) in [6, 6.07) is 0.843. The van der Waals surface area contributed by atoms with Gasteiger partial charge < -0.3 is 5.32 Å². The summed E-state index contributed by atoms with van der Waals surface area (Å²) in [6.45, 7) is 5.88. The van der Waals surface area contributed by atoms with Crippen LogP contribution in [0, 0.1) is 17.8 Å². The minimum atomic E-state index is 0.843. The summed E-state index contributed by atoms with van der Waals surface area (Å²) >= 11 is 0. The molecule has 94 valence electrons. The summed E-state index contributed by atoms with van der Waals surface area (Å²) < 4.78 is 0. The number of hydrogen-bond donors (Lipinski definition) is 1. The zero-order valence-electron chi connectivity index (χ0n) is 11.2. The molecular formula is C15H29N. The van der Waals surface area contributed by atoms with Crippen molar-refractivity contribution < 1.29 is 0 Å². The highest BCUT2D eigenvalue weighted by molar-refractivity contribution is 4.88. The zero-order chi connectivity index (χ0) is 11.4. The lowest BCUT2D eigenvalue weighted by Gasteiger charge is -2.37. The van der Waals surface area contributed by atoms with Gasteiger partial charge in [0.25, 0.3) is 0 Å². The van der Waals surface area contributed by atoms with Gasteiger partial charge in [-0.15, -0.1) is 0 Å². The van der Waals surface area contributed by atoms with E-state index in [1.165, 1.54) is 51.4 Å². The predicted octanol–water partition coefficient (Wildman–Crippen LogP) is 3.98. The van der Waals surface area contributed by atoms with Crippen LogP contribution in [0.2, 0.25) is 0 Å². The van der Waals surface area contributed by atoms with Crippen LogP contribution >= 0.6 is 0 Å². The molecule has 0 heterocycles. The Morgan fingerprint density at radius 2 is 1.69 bits per heavy atom. The van der Waals surface area contributed by atoms with Gasteiger partial charge in [-0.05, 0) is 50.0 Å². The molecule has 3 atom stereocenters. The molecule has 0 aliphatic heterocycles. The minimum Gasteiger partial charge on any atom is -0.314 e. The Balaban J connectivity index is 1.93. The van der Waals surface area contributed by atoms with Crippen molar-refractivity contribution in [2.24, 2.45) is 17.8 Å². The van der Waals surface area contributed by atoms with Crippen molar-refractivity contribution in [2.75, 3.05) is 6.54 Å². The average Bonchev–Trinajstić information content (AvgIpc) is 2.79. The molecule has 2 fully saturated rings. The number of rotatable bonds is 4. The van der Waals surface area contributed by atoms with Gasteiger partial charge in [-0.1, -0.05) is 39.5 Å². The van der Waals surface area contributed by atoms with Crippen LogP contribution in [0.4, 0.5) is 0 Å². The van der Waals surface area contributed by atoms with E-state index in [1.54, 1.807) is 0 Å². The smallest absolute Gasteiger partial charge is 0.0124 e. The third kappa shape index (κ3) is 3.00. The summed E-state index contributed by atoms with van der Waals surface area (Å²) in [6.07, 6.45) is 11.8. The zero-order valence-corrected chi connectivity index (χ0v) is 11.2. The van der Waals surface area contributed by atoms with E-state index < -0.39 is 0 Å². The molecule has 0 radical (unpaired) electrons. The van der Waals surface area contributed by atoms with Crippen molar-refractivity contribution in [3.05, 3.63) is 0 Å². The van der Waals surface area contributed by atoms with Gasteiger partial charge in [0, 0.05) is 6.04 Å². The van der Waals surface area contributed by atoms with E-state index in [-0.39, 0.29) is 0 Å². The average molecular weight is 223 g/mol. The van der Waals surface area contributed by atoms with E-state index in [4.69, 9.17) is 0 Å². The quantitative estimate of drug-likeness (QED) is 0.760. The van der Waals surface area contributed by atoms with Gasteiger partial charge in [-0.25, -0.2) is 0 Å². The van der Waals surface area contributed by atoms with E-state index in [0.717, 1.165) is 30.3 Å². The van der Waals surface area contributed by atoms with E-state index in [1.807, 2.05) is 0 Å². The summed E-state index contributed by atoms with van der Waals surface area (Å²) in [5.74, 6) is 2.95. The first-order valence-corrected chi connectivity index (χ1v) is 7.54. The van der Waals surface area contributed by atoms with E-state index in [2.05, 4.69) is 19.2 Å². The standard InChI is InChI=1S/C15H29N/c1-3-16-15(13-8-4-5-9-13)14-10-6-7-12(2)11-14/h12-16H,3-11H2,1-2H3. The number of hydrogen-bond acceptors (Lipinski definition) is 1. The van der Waals surface area contributed by atoms with Crippen molar-refractivity contribution in [3.8, 4) is 0 Å². The fraction of sp³-hybridized carbons (Fsp3) is 1.00. The van der Waals surface area contributed by atoms with E-state index in [0.29, 0.717) is 0 Å². The highest BCUT2D eigenvalue weighted by Gasteiger charge is 2.32. The van der Waals surface area contributed by atoms with Gasteiger partial charge in [0.15, 0.2) is 0 Å². The van der Waals surface area contributed by atoms with Gasteiger partial charge in [-0.2, -0.15) is 0 Å². The van der Waals surface area contributed by atoms with Crippen LogP contribution in [-0.4, -0.2) is 12.6 Å². The lowest BCUT2D eigenvalue weighted by Crippen LogP contribution is -2.43.